The molecule has 1 heterocycles. The van der Waals surface area contributed by atoms with Crippen LogP contribution in [0, 0.1) is 0 Å². The van der Waals surface area contributed by atoms with Gasteiger partial charge in [-0.2, -0.15) is 0 Å². The maximum Gasteiger partial charge on any atom is 0.106 e. The van der Waals surface area contributed by atoms with Gasteiger partial charge in [-0.25, -0.2) is 0 Å². The molecule has 0 radical (unpaired) electrons. The minimum atomic E-state index is -0.0948. The maximum atomic E-state index is 6.03. The van der Waals surface area contributed by atoms with E-state index in [2.05, 4.69) is 12.2 Å². The Bertz CT molecular complexity index is 458. The number of rotatable bonds is 3. The van der Waals surface area contributed by atoms with Crippen molar-refractivity contribution in [3.8, 4) is 0 Å². The first-order chi connectivity index (χ1) is 8.50. The lowest BCUT2D eigenvalue weighted by molar-refractivity contribution is 0.0540. The second kappa shape index (κ2) is 5.43. The van der Waals surface area contributed by atoms with Gasteiger partial charge >= 0.3 is 0 Å². The maximum absolute atomic E-state index is 6.03. The van der Waals surface area contributed by atoms with Crippen molar-refractivity contribution in [3.63, 3.8) is 0 Å². The first-order valence-electron chi connectivity index (χ1n) is 5.95. The summed E-state index contributed by atoms with van der Waals surface area (Å²) in [6.45, 7) is 3.64. The van der Waals surface area contributed by atoms with E-state index >= 15 is 0 Å². The van der Waals surface area contributed by atoms with Gasteiger partial charge in [0.2, 0.25) is 0 Å². The lowest BCUT2D eigenvalue weighted by Gasteiger charge is -2.36. The number of nitrogens with two attached hydrogens (primary N) is 1. The summed E-state index contributed by atoms with van der Waals surface area (Å²) in [6.07, 6.45) is 2.10. The predicted octanol–water partition coefficient (Wildman–Crippen LogP) is 2.96. The molecular weight excluding hydrogens is 268 g/mol. The predicted molar refractivity (Wildman–Crippen MR) is 79.4 cm³/mol. The first-order valence-corrected chi connectivity index (χ1v) is 6.74. The Kier molecular flexibility index (Phi) is 4.10. The molecule has 18 heavy (non-hydrogen) atoms. The van der Waals surface area contributed by atoms with E-state index in [1.54, 1.807) is 6.07 Å². The minimum Gasteiger partial charge on any atom is -0.389 e. The van der Waals surface area contributed by atoms with E-state index in [1.807, 2.05) is 12.1 Å². The van der Waals surface area contributed by atoms with Crippen LogP contribution in [-0.4, -0.2) is 23.7 Å². The molecule has 1 aromatic carbocycles. The summed E-state index contributed by atoms with van der Waals surface area (Å²) < 4.78 is 5.53. The van der Waals surface area contributed by atoms with Gasteiger partial charge in [0.25, 0.3) is 0 Å². The molecule has 0 aromatic heterocycles. The van der Waals surface area contributed by atoms with E-state index in [1.165, 1.54) is 0 Å². The van der Waals surface area contributed by atoms with Crippen molar-refractivity contribution in [2.24, 2.45) is 5.73 Å². The third-order valence-corrected chi connectivity index (χ3v) is 3.58. The van der Waals surface area contributed by atoms with Gasteiger partial charge in [-0.1, -0.05) is 23.8 Å². The van der Waals surface area contributed by atoms with Crippen molar-refractivity contribution < 1.29 is 4.74 Å². The fourth-order valence-electron chi connectivity index (χ4n) is 2.19. The SMILES string of the molecule is CC1(Nc2cc(Cl)ccc2C(N)=S)CCCOC1. The van der Waals surface area contributed by atoms with Gasteiger partial charge in [-0.3, -0.25) is 0 Å². The molecule has 1 atom stereocenters. The summed E-state index contributed by atoms with van der Waals surface area (Å²) in [5, 5.41) is 4.14. The van der Waals surface area contributed by atoms with Crippen molar-refractivity contribution in [2.45, 2.75) is 25.3 Å². The van der Waals surface area contributed by atoms with Crippen LogP contribution in [0.1, 0.15) is 25.3 Å². The van der Waals surface area contributed by atoms with E-state index in [0.717, 1.165) is 30.7 Å². The fraction of sp³-hybridized carbons (Fsp3) is 0.462. The van der Waals surface area contributed by atoms with Gasteiger partial charge < -0.3 is 15.8 Å². The number of nitrogens with one attached hydrogen (secondary N) is 1. The highest BCUT2D eigenvalue weighted by atomic mass is 35.5. The zero-order valence-corrected chi connectivity index (χ0v) is 11.9. The molecule has 0 amide bonds. The Hall–Kier alpha value is -0.840. The summed E-state index contributed by atoms with van der Waals surface area (Å²) in [5.41, 5.74) is 7.33. The lowest BCUT2D eigenvalue weighted by Crippen LogP contribution is -2.43. The molecule has 1 aliphatic rings. The van der Waals surface area contributed by atoms with Gasteiger partial charge in [0.05, 0.1) is 12.1 Å². The second-order valence-electron chi connectivity index (χ2n) is 4.90. The molecule has 1 aromatic rings. The van der Waals surface area contributed by atoms with Crippen LogP contribution < -0.4 is 11.1 Å². The van der Waals surface area contributed by atoms with Crippen LogP contribution in [0.25, 0.3) is 0 Å². The summed E-state index contributed by atoms with van der Waals surface area (Å²) in [5.74, 6) is 0. The molecule has 98 valence electrons. The van der Waals surface area contributed by atoms with Gasteiger partial charge in [-0.05, 0) is 38.0 Å². The molecule has 1 aliphatic heterocycles. The smallest absolute Gasteiger partial charge is 0.106 e. The van der Waals surface area contributed by atoms with Crippen molar-refractivity contribution in [3.05, 3.63) is 28.8 Å². The molecule has 1 saturated heterocycles. The highest BCUT2D eigenvalue weighted by Gasteiger charge is 2.28. The number of benzene rings is 1. The van der Waals surface area contributed by atoms with Crippen LogP contribution >= 0.6 is 23.8 Å². The van der Waals surface area contributed by atoms with E-state index in [-0.39, 0.29) is 5.54 Å². The average molecular weight is 285 g/mol. The monoisotopic (exact) mass is 284 g/mol. The Labute approximate surface area is 118 Å². The first kappa shape index (κ1) is 13.6. The van der Waals surface area contributed by atoms with Crippen LogP contribution in [0.15, 0.2) is 18.2 Å². The number of thiocarbonyl (C=S) groups is 1. The summed E-state index contributed by atoms with van der Waals surface area (Å²) in [7, 11) is 0. The van der Waals surface area contributed by atoms with Crippen molar-refractivity contribution in [2.75, 3.05) is 18.5 Å². The number of hydrogen-bond donors (Lipinski definition) is 2. The zero-order chi connectivity index (χ0) is 13.2. The summed E-state index contributed by atoms with van der Waals surface area (Å²) in [4.78, 5) is 0.370. The van der Waals surface area contributed by atoms with Crippen LogP contribution in [0.4, 0.5) is 5.69 Å². The van der Waals surface area contributed by atoms with E-state index in [0.29, 0.717) is 16.6 Å². The lowest BCUT2D eigenvalue weighted by atomic mass is 9.94. The van der Waals surface area contributed by atoms with Crippen molar-refractivity contribution in [1.29, 1.82) is 0 Å². The Morgan fingerprint density at radius 3 is 2.94 bits per heavy atom. The van der Waals surface area contributed by atoms with Gasteiger partial charge in [0.1, 0.15) is 4.99 Å². The Morgan fingerprint density at radius 1 is 1.56 bits per heavy atom. The van der Waals surface area contributed by atoms with Crippen LogP contribution in [0.5, 0.6) is 0 Å². The van der Waals surface area contributed by atoms with Crippen molar-refractivity contribution >= 4 is 34.5 Å². The quantitative estimate of drug-likeness (QED) is 0.838. The molecule has 3 nitrogen and oxygen atoms in total. The number of halogens is 1. The van der Waals surface area contributed by atoms with E-state index in [4.69, 9.17) is 34.3 Å². The zero-order valence-electron chi connectivity index (χ0n) is 10.3. The summed E-state index contributed by atoms with van der Waals surface area (Å²) >= 11 is 11.1. The van der Waals surface area contributed by atoms with Crippen molar-refractivity contribution in [1.82, 2.24) is 0 Å². The van der Waals surface area contributed by atoms with Crippen LogP contribution in [0.2, 0.25) is 5.02 Å². The average Bonchev–Trinajstić information content (AvgIpc) is 2.28. The van der Waals surface area contributed by atoms with Gasteiger partial charge in [-0.15, -0.1) is 0 Å². The van der Waals surface area contributed by atoms with E-state index in [9.17, 15) is 0 Å². The topological polar surface area (TPSA) is 47.3 Å². The standard InChI is InChI=1S/C13H17ClN2OS/c1-13(5-2-6-17-8-13)16-11-7-9(14)3-4-10(11)12(15)18/h3-4,7,16H,2,5-6,8H2,1H3,(H2,15,18). The molecule has 0 saturated carbocycles. The van der Waals surface area contributed by atoms with Crippen LogP contribution in [-0.2, 0) is 4.74 Å². The molecule has 0 bridgehead atoms. The minimum absolute atomic E-state index is 0.0948. The highest BCUT2D eigenvalue weighted by molar-refractivity contribution is 7.80. The largest absolute Gasteiger partial charge is 0.389 e. The Morgan fingerprint density at radius 2 is 2.33 bits per heavy atom. The second-order valence-corrected chi connectivity index (χ2v) is 5.77. The normalized spacial score (nSPS) is 23.7. The molecule has 5 heteroatoms. The molecular formula is C13H17ClN2OS. The van der Waals surface area contributed by atoms with E-state index < -0.39 is 0 Å². The van der Waals surface area contributed by atoms with Gasteiger partial charge in [0.15, 0.2) is 0 Å². The third kappa shape index (κ3) is 3.13. The Balaban J connectivity index is 2.26. The molecule has 3 N–H and O–H groups in total. The van der Waals surface area contributed by atoms with Gasteiger partial charge in [0, 0.05) is 22.9 Å². The molecule has 2 rings (SSSR count). The summed E-state index contributed by atoms with van der Waals surface area (Å²) in [6, 6.07) is 5.50. The fourth-order valence-corrected chi connectivity index (χ4v) is 2.54. The molecule has 1 unspecified atom stereocenters. The third-order valence-electron chi connectivity index (χ3n) is 3.12. The number of ether oxygens (including phenoxy) is 1. The molecule has 1 fully saturated rings. The van der Waals surface area contributed by atoms with Crippen LogP contribution in [0.3, 0.4) is 0 Å². The number of hydrogen-bond acceptors (Lipinski definition) is 3. The number of anilines is 1. The molecule has 0 spiro atoms. The molecule has 0 aliphatic carbocycles. The highest BCUT2D eigenvalue weighted by Crippen LogP contribution is 2.28.